The lowest BCUT2D eigenvalue weighted by Gasteiger charge is -2.45. The molecule has 0 atom stereocenters. The number of rotatable bonds is 1. The molecule has 170 valence electrons. The molecule has 4 heterocycles. The van der Waals surface area contributed by atoms with Gasteiger partial charge in [-0.15, -0.1) is 0 Å². The Kier molecular flexibility index (Phi) is 7.06. The third kappa shape index (κ3) is 5.94. The Morgan fingerprint density at radius 1 is 0.793 bits per heavy atom. The van der Waals surface area contributed by atoms with Crippen LogP contribution in [0.2, 0.25) is 0 Å². The molecule has 4 fully saturated rings. The number of likely N-dealkylation sites (tertiary alicyclic amines) is 2. The summed E-state index contributed by atoms with van der Waals surface area (Å²) in [6, 6.07) is 0. The molecule has 6 nitrogen and oxygen atoms in total. The fourth-order valence-corrected chi connectivity index (χ4v) is 6.54. The fourth-order valence-electron chi connectivity index (χ4n) is 5.61. The quantitative estimate of drug-likeness (QED) is 0.641. The zero-order valence-electron chi connectivity index (χ0n) is 19.4. The molecule has 29 heavy (non-hydrogen) atoms. The second-order valence-electron chi connectivity index (χ2n) is 11.1. The lowest BCUT2D eigenvalue weighted by atomic mass is 9.77. The van der Waals surface area contributed by atoms with Crippen molar-refractivity contribution in [2.75, 3.05) is 65.8 Å². The van der Waals surface area contributed by atoms with E-state index >= 15 is 0 Å². The molecule has 4 aliphatic heterocycles. The largest absolute Gasteiger partial charge is 0.381 e. The van der Waals surface area contributed by atoms with Gasteiger partial charge in [0.25, 0.3) is 0 Å². The van der Waals surface area contributed by atoms with Crippen molar-refractivity contribution in [2.45, 2.75) is 64.8 Å². The van der Waals surface area contributed by atoms with Crippen molar-refractivity contribution in [3.05, 3.63) is 0 Å². The highest BCUT2D eigenvalue weighted by Gasteiger charge is 2.44. The van der Waals surface area contributed by atoms with Crippen LogP contribution in [0.15, 0.2) is 0 Å². The van der Waals surface area contributed by atoms with E-state index in [9.17, 15) is 8.42 Å². The minimum absolute atomic E-state index is 0.233. The first-order valence-corrected chi connectivity index (χ1v) is 13.2. The van der Waals surface area contributed by atoms with Gasteiger partial charge >= 0.3 is 0 Å². The molecular formula is C22H43N3O3S. The number of ether oxygens (including phenoxy) is 1. The maximum atomic E-state index is 11.6. The number of piperidine rings is 1. The fraction of sp³-hybridized carbons (Fsp3) is 1.00. The third-order valence-corrected chi connectivity index (χ3v) is 9.08. The molecule has 7 heteroatoms. The van der Waals surface area contributed by atoms with Crippen LogP contribution in [-0.4, -0.2) is 93.8 Å². The van der Waals surface area contributed by atoms with E-state index in [-0.39, 0.29) is 11.0 Å². The zero-order valence-corrected chi connectivity index (χ0v) is 20.2. The zero-order chi connectivity index (χ0) is 21.3. The van der Waals surface area contributed by atoms with Crippen molar-refractivity contribution in [3.8, 4) is 0 Å². The Morgan fingerprint density at radius 2 is 1.31 bits per heavy atom. The Labute approximate surface area is 179 Å². The van der Waals surface area contributed by atoms with Gasteiger partial charge in [0, 0.05) is 38.4 Å². The van der Waals surface area contributed by atoms with Gasteiger partial charge in [0.05, 0.1) is 6.26 Å². The summed E-state index contributed by atoms with van der Waals surface area (Å²) >= 11 is 0. The van der Waals surface area contributed by atoms with E-state index in [4.69, 9.17) is 4.74 Å². The summed E-state index contributed by atoms with van der Waals surface area (Å²) < 4.78 is 30.2. The van der Waals surface area contributed by atoms with Crippen LogP contribution in [0.4, 0.5) is 0 Å². The molecule has 4 saturated heterocycles. The Hall–Kier alpha value is -0.210. The average Bonchev–Trinajstić information content (AvgIpc) is 3.20. The molecule has 0 aromatic carbocycles. The second-order valence-corrected chi connectivity index (χ2v) is 13.1. The van der Waals surface area contributed by atoms with Crippen molar-refractivity contribution >= 4 is 10.0 Å². The molecular weight excluding hydrogens is 386 g/mol. The van der Waals surface area contributed by atoms with Gasteiger partial charge in [-0.25, -0.2) is 12.7 Å². The molecule has 0 aliphatic carbocycles. The van der Waals surface area contributed by atoms with Gasteiger partial charge in [-0.3, -0.25) is 4.90 Å². The first-order valence-electron chi connectivity index (χ1n) is 11.4. The predicted octanol–water partition coefficient (Wildman–Crippen LogP) is 2.65. The lowest BCUT2D eigenvalue weighted by Crippen LogP contribution is -2.49. The van der Waals surface area contributed by atoms with Gasteiger partial charge < -0.3 is 9.64 Å². The summed E-state index contributed by atoms with van der Waals surface area (Å²) in [6.07, 6.45) is 8.61. The van der Waals surface area contributed by atoms with Crippen LogP contribution in [0, 0.1) is 10.8 Å². The van der Waals surface area contributed by atoms with E-state index in [1.807, 2.05) is 0 Å². The minimum Gasteiger partial charge on any atom is -0.381 e. The van der Waals surface area contributed by atoms with Gasteiger partial charge in [0.2, 0.25) is 10.0 Å². The van der Waals surface area contributed by atoms with Crippen molar-refractivity contribution < 1.29 is 13.2 Å². The van der Waals surface area contributed by atoms with E-state index in [1.165, 1.54) is 38.6 Å². The molecule has 0 amide bonds. The smallest absolute Gasteiger partial charge is 0.211 e. The molecule has 4 aliphatic rings. The van der Waals surface area contributed by atoms with Crippen LogP contribution < -0.4 is 0 Å². The predicted molar refractivity (Wildman–Crippen MR) is 119 cm³/mol. The normalized spacial score (nSPS) is 28.6. The highest BCUT2D eigenvalue weighted by molar-refractivity contribution is 7.88. The SMILES string of the molecule is CC(C)(C)N1CCC2(CC1)CCN(S(C)(=O)=O)C2.CN1CCC2(CCOCC2)C1. The maximum absolute atomic E-state index is 11.6. The summed E-state index contributed by atoms with van der Waals surface area (Å²) in [5.41, 5.74) is 1.13. The molecule has 0 bridgehead atoms. The van der Waals surface area contributed by atoms with Crippen LogP contribution in [0.25, 0.3) is 0 Å². The minimum atomic E-state index is -3.00. The number of sulfonamides is 1. The highest BCUT2D eigenvalue weighted by atomic mass is 32.2. The molecule has 0 aromatic heterocycles. The van der Waals surface area contributed by atoms with Gasteiger partial charge in [-0.2, -0.15) is 0 Å². The number of hydrogen-bond acceptors (Lipinski definition) is 5. The van der Waals surface area contributed by atoms with Gasteiger partial charge in [0.15, 0.2) is 0 Å². The summed E-state index contributed by atoms with van der Waals surface area (Å²) in [5, 5.41) is 0. The number of hydrogen-bond donors (Lipinski definition) is 0. The van der Waals surface area contributed by atoms with Crippen molar-refractivity contribution in [1.82, 2.24) is 14.1 Å². The maximum Gasteiger partial charge on any atom is 0.211 e. The Bertz CT molecular complexity index is 639. The molecule has 0 saturated carbocycles. The summed E-state index contributed by atoms with van der Waals surface area (Å²) in [5.74, 6) is 0. The highest BCUT2D eigenvalue weighted by Crippen LogP contribution is 2.42. The molecule has 0 unspecified atom stereocenters. The molecule has 4 rings (SSSR count). The summed E-state index contributed by atoms with van der Waals surface area (Å²) in [4.78, 5) is 4.96. The first-order chi connectivity index (χ1) is 13.4. The average molecular weight is 430 g/mol. The summed E-state index contributed by atoms with van der Waals surface area (Å²) in [6.45, 7) is 15.0. The van der Waals surface area contributed by atoms with Crippen LogP contribution in [0.5, 0.6) is 0 Å². The van der Waals surface area contributed by atoms with Crippen molar-refractivity contribution in [1.29, 1.82) is 0 Å². The number of nitrogens with zero attached hydrogens (tertiary/aromatic N) is 3. The van der Waals surface area contributed by atoms with E-state index in [0.29, 0.717) is 12.0 Å². The van der Waals surface area contributed by atoms with E-state index in [0.717, 1.165) is 52.1 Å². The van der Waals surface area contributed by atoms with E-state index in [1.54, 1.807) is 4.31 Å². The topological polar surface area (TPSA) is 53.1 Å². The molecule has 0 N–H and O–H groups in total. The van der Waals surface area contributed by atoms with E-state index < -0.39 is 10.0 Å². The first kappa shape index (κ1) is 23.5. The molecule has 0 radical (unpaired) electrons. The van der Waals surface area contributed by atoms with Crippen LogP contribution in [-0.2, 0) is 14.8 Å². The Balaban J connectivity index is 0.000000186. The van der Waals surface area contributed by atoms with Gasteiger partial charge in [-0.1, -0.05) is 0 Å². The molecule has 2 spiro atoms. The van der Waals surface area contributed by atoms with Crippen LogP contribution in [0.1, 0.15) is 59.3 Å². The summed E-state index contributed by atoms with van der Waals surface area (Å²) in [7, 11) is -0.774. The third-order valence-electron chi connectivity index (χ3n) is 7.83. The standard InChI is InChI=1S/C13H26N2O2S.C9H17NO/c1-12(2,3)14-8-5-13(6-9-14)7-10-15(11-13)18(4,16)17;1-10-5-2-9(8-10)3-6-11-7-4-9/h5-11H2,1-4H3;2-8H2,1H3. The van der Waals surface area contributed by atoms with Crippen LogP contribution >= 0.6 is 0 Å². The van der Waals surface area contributed by atoms with Gasteiger partial charge in [-0.05, 0) is 96.8 Å². The Morgan fingerprint density at radius 3 is 1.76 bits per heavy atom. The van der Waals surface area contributed by atoms with Gasteiger partial charge in [0.1, 0.15) is 0 Å². The van der Waals surface area contributed by atoms with Crippen LogP contribution in [0.3, 0.4) is 0 Å². The van der Waals surface area contributed by atoms with Crippen molar-refractivity contribution in [3.63, 3.8) is 0 Å². The van der Waals surface area contributed by atoms with E-state index in [2.05, 4.69) is 37.6 Å². The van der Waals surface area contributed by atoms with Crippen molar-refractivity contribution in [2.24, 2.45) is 10.8 Å². The second kappa shape index (κ2) is 8.73. The monoisotopic (exact) mass is 429 g/mol. The lowest BCUT2D eigenvalue weighted by molar-refractivity contribution is 0.0205. The molecule has 0 aromatic rings.